The minimum atomic E-state index is -1.03. The number of nitrogens with zero attached hydrogens (tertiary/aromatic N) is 5. The summed E-state index contributed by atoms with van der Waals surface area (Å²) < 4.78 is 11.5. The molecule has 0 aliphatic heterocycles. The molecule has 2 amide bonds. The first-order valence-electron chi connectivity index (χ1n) is 13.1. The Morgan fingerprint density at radius 1 is 1.02 bits per heavy atom. The molecule has 13 nitrogen and oxygen atoms in total. The number of methoxy groups -OCH3 is 1. The summed E-state index contributed by atoms with van der Waals surface area (Å²) in [4.78, 5) is 60.2. The molecule has 0 bridgehead atoms. The van der Waals surface area contributed by atoms with Crippen LogP contribution in [-0.4, -0.2) is 55.7 Å². The lowest BCUT2D eigenvalue weighted by Crippen LogP contribution is -2.46. The van der Waals surface area contributed by atoms with E-state index in [0.717, 1.165) is 11.7 Å². The number of hydrogen-bond acceptors (Lipinski definition) is 10. The minimum Gasteiger partial charge on any atom is -0.453 e. The minimum absolute atomic E-state index is 0.194. The van der Waals surface area contributed by atoms with Crippen molar-refractivity contribution < 1.29 is 23.5 Å². The Kier molecular flexibility index (Phi) is 8.89. The maximum Gasteiger partial charge on any atom is 0.412 e. The van der Waals surface area contributed by atoms with E-state index >= 15 is 0 Å². The zero-order valence-corrected chi connectivity index (χ0v) is 23.8. The topological polar surface area (TPSA) is 171 Å². The summed E-state index contributed by atoms with van der Waals surface area (Å²) in [7, 11) is 1.15. The lowest BCUT2D eigenvalue weighted by molar-refractivity contribution is -0.122. The van der Waals surface area contributed by atoms with E-state index in [1.807, 2.05) is 26.0 Å². The van der Waals surface area contributed by atoms with Crippen molar-refractivity contribution in [2.24, 2.45) is 5.92 Å². The Labute approximate surface area is 241 Å². The van der Waals surface area contributed by atoms with Crippen LogP contribution in [0.2, 0.25) is 0 Å². The predicted molar refractivity (Wildman–Crippen MR) is 152 cm³/mol. The van der Waals surface area contributed by atoms with Crippen LogP contribution >= 0.6 is 0 Å². The molecule has 4 aromatic rings. The molecule has 3 aromatic heterocycles. The molecule has 13 heteroatoms. The third-order valence-corrected chi connectivity index (χ3v) is 6.57. The first-order chi connectivity index (χ1) is 20.0. The number of carbonyl (C=O) groups excluding carboxylic acids is 3. The Bertz CT molecular complexity index is 1630. The number of pyridine rings is 1. The van der Waals surface area contributed by atoms with Gasteiger partial charge in [0.2, 0.25) is 23.4 Å². The molecule has 0 spiro atoms. The Balaban J connectivity index is 1.60. The van der Waals surface area contributed by atoms with Crippen LogP contribution in [0.1, 0.15) is 50.0 Å². The van der Waals surface area contributed by atoms with E-state index in [9.17, 15) is 19.2 Å². The van der Waals surface area contributed by atoms with E-state index in [2.05, 4.69) is 35.5 Å². The summed E-state index contributed by atoms with van der Waals surface area (Å²) in [6, 6.07) is 13.3. The molecular formula is C29H31N7O6. The van der Waals surface area contributed by atoms with Gasteiger partial charge < -0.3 is 14.5 Å². The van der Waals surface area contributed by atoms with Crippen molar-refractivity contribution in [2.75, 3.05) is 12.4 Å². The summed E-state index contributed by atoms with van der Waals surface area (Å²) in [6.45, 7) is 6.73. The van der Waals surface area contributed by atoms with Crippen molar-refractivity contribution in [1.29, 1.82) is 0 Å². The van der Waals surface area contributed by atoms with Gasteiger partial charge in [0.25, 0.3) is 11.4 Å². The number of nitrogens with one attached hydrogen (secondary N) is 2. The van der Waals surface area contributed by atoms with Crippen LogP contribution in [0.3, 0.4) is 0 Å². The molecule has 0 saturated carbocycles. The Hall–Kier alpha value is -5.20. The van der Waals surface area contributed by atoms with Crippen molar-refractivity contribution >= 4 is 23.6 Å². The molecule has 218 valence electrons. The third kappa shape index (κ3) is 6.40. The standard InChI is InChI=1S/C29H31N7O6/c1-17(2)22(23(38)25-34-35-27(42-25)29(3,4)20-13-9-10-14-30-20)32-21(37)16-36-19(18-11-7-6-8-12-18)15-31-24(26(36)39)33-28(40)41-5/h6-15,17,22H,16H2,1-5H3,(H,32,37)(H,31,33,40). The fourth-order valence-corrected chi connectivity index (χ4v) is 4.17. The number of anilines is 1. The largest absolute Gasteiger partial charge is 0.453 e. The molecule has 1 unspecified atom stereocenters. The smallest absolute Gasteiger partial charge is 0.412 e. The van der Waals surface area contributed by atoms with Crippen molar-refractivity contribution in [3.05, 3.63) is 88.8 Å². The van der Waals surface area contributed by atoms with Crippen LogP contribution in [0.25, 0.3) is 11.3 Å². The summed E-state index contributed by atoms with van der Waals surface area (Å²) in [6.07, 6.45) is 2.12. The second kappa shape index (κ2) is 12.5. The van der Waals surface area contributed by atoms with Gasteiger partial charge in [-0.1, -0.05) is 50.2 Å². The molecule has 42 heavy (non-hydrogen) atoms. The molecule has 4 rings (SSSR count). The van der Waals surface area contributed by atoms with Crippen LogP contribution in [0, 0.1) is 5.92 Å². The Morgan fingerprint density at radius 3 is 2.38 bits per heavy atom. The number of ketones is 1. The van der Waals surface area contributed by atoms with Crippen LogP contribution < -0.4 is 16.2 Å². The van der Waals surface area contributed by atoms with Crippen LogP contribution in [-0.2, 0) is 21.5 Å². The number of Topliss-reactive ketones (excluding diaryl/α,β-unsaturated/α-hetero) is 1. The zero-order chi connectivity index (χ0) is 30.4. The predicted octanol–water partition coefficient (Wildman–Crippen LogP) is 3.22. The van der Waals surface area contributed by atoms with E-state index in [0.29, 0.717) is 17.0 Å². The molecule has 1 aromatic carbocycles. The van der Waals surface area contributed by atoms with Crippen molar-refractivity contribution in [3.8, 4) is 11.3 Å². The molecule has 0 saturated heterocycles. The van der Waals surface area contributed by atoms with E-state index in [1.165, 1.54) is 6.20 Å². The highest BCUT2D eigenvalue weighted by atomic mass is 16.5. The van der Waals surface area contributed by atoms with Crippen molar-refractivity contribution in [2.45, 2.75) is 45.7 Å². The molecule has 0 aliphatic carbocycles. The molecule has 1 atom stereocenters. The van der Waals surface area contributed by atoms with Gasteiger partial charge >= 0.3 is 6.09 Å². The second-order valence-electron chi connectivity index (χ2n) is 10.3. The highest BCUT2D eigenvalue weighted by Gasteiger charge is 2.35. The van der Waals surface area contributed by atoms with Gasteiger partial charge in [0, 0.05) is 6.20 Å². The monoisotopic (exact) mass is 573 g/mol. The molecule has 0 fully saturated rings. The van der Waals surface area contributed by atoms with Crippen molar-refractivity contribution in [3.63, 3.8) is 0 Å². The van der Waals surface area contributed by atoms with Crippen LogP contribution in [0.15, 0.2) is 70.1 Å². The van der Waals surface area contributed by atoms with Gasteiger partial charge in [0.05, 0.1) is 36.2 Å². The summed E-state index contributed by atoms with van der Waals surface area (Å²) in [5, 5.41) is 13.0. The summed E-state index contributed by atoms with van der Waals surface area (Å²) in [5.41, 5.74) is 0.124. The van der Waals surface area contributed by atoms with Crippen LogP contribution in [0.5, 0.6) is 0 Å². The lowest BCUT2D eigenvalue weighted by atomic mass is 9.89. The Morgan fingerprint density at radius 2 is 1.74 bits per heavy atom. The molecular weight excluding hydrogens is 542 g/mol. The van der Waals surface area contributed by atoms with E-state index < -0.39 is 41.3 Å². The highest BCUT2D eigenvalue weighted by Crippen LogP contribution is 2.29. The number of carbonyl (C=O) groups is 3. The number of benzene rings is 1. The molecule has 0 radical (unpaired) electrons. The quantitative estimate of drug-likeness (QED) is 0.268. The van der Waals surface area contributed by atoms with Gasteiger partial charge in [-0.2, -0.15) is 0 Å². The number of ether oxygens (including phenoxy) is 1. The molecule has 3 heterocycles. The zero-order valence-electron chi connectivity index (χ0n) is 23.8. The first-order valence-corrected chi connectivity index (χ1v) is 13.1. The first kappa shape index (κ1) is 29.8. The van der Waals surface area contributed by atoms with Gasteiger partial charge in [-0.3, -0.25) is 29.3 Å². The average Bonchev–Trinajstić information content (AvgIpc) is 3.50. The van der Waals surface area contributed by atoms with Gasteiger partial charge in [0.1, 0.15) is 6.54 Å². The second-order valence-corrected chi connectivity index (χ2v) is 10.3. The SMILES string of the molecule is COC(=O)Nc1ncc(-c2ccccc2)n(CC(=O)NC(C(=O)c2nnc(C(C)(C)c3ccccn3)o2)C(C)C)c1=O. The fraction of sp³-hybridized carbons (Fsp3) is 0.310. The number of rotatable bonds is 10. The maximum absolute atomic E-state index is 13.4. The van der Waals surface area contributed by atoms with Gasteiger partial charge in [-0.05, 0) is 37.5 Å². The normalized spacial score (nSPS) is 12.0. The number of hydrogen-bond donors (Lipinski definition) is 2. The number of aromatic nitrogens is 5. The summed E-state index contributed by atoms with van der Waals surface area (Å²) in [5.74, 6) is -1.96. The molecule has 0 aliphatic rings. The summed E-state index contributed by atoms with van der Waals surface area (Å²) >= 11 is 0. The molecule has 2 N–H and O–H groups in total. The highest BCUT2D eigenvalue weighted by molar-refractivity contribution is 5.98. The van der Waals surface area contributed by atoms with E-state index in [4.69, 9.17) is 4.42 Å². The van der Waals surface area contributed by atoms with Gasteiger partial charge in [-0.15, -0.1) is 10.2 Å². The van der Waals surface area contributed by atoms with Gasteiger partial charge in [0.15, 0.2) is 0 Å². The van der Waals surface area contributed by atoms with E-state index in [1.54, 1.807) is 56.4 Å². The van der Waals surface area contributed by atoms with Gasteiger partial charge in [-0.25, -0.2) is 9.78 Å². The lowest BCUT2D eigenvalue weighted by Gasteiger charge is -2.21. The maximum atomic E-state index is 13.4. The average molecular weight is 574 g/mol. The third-order valence-electron chi connectivity index (χ3n) is 6.57. The van der Waals surface area contributed by atoms with Crippen LogP contribution in [0.4, 0.5) is 10.6 Å². The van der Waals surface area contributed by atoms with Crippen molar-refractivity contribution in [1.82, 2.24) is 30.0 Å². The number of amides is 2. The fourth-order valence-electron chi connectivity index (χ4n) is 4.17. The van der Waals surface area contributed by atoms with E-state index in [-0.39, 0.29) is 23.5 Å².